The Bertz CT molecular complexity index is 614. The molecular weight excluding hydrogens is 331 g/mol. The van der Waals surface area contributed by atoms with E-state index in [1.165, 1.54) is 6.07 Å². The fourth-order valence-corrected chi connectivity index (χ4v) is 5.51. The van der Waals surface area contributed by atoms with Crippen LogP contribution in [0, 0.1) is 0 Å². The van der Waals surface area contributed by atoms with Gasteiger partial charge in [-0.3, -0.25) is 0 Å². The summed E-state index contributed by atoms with van der Waals surface area (Å²) in [6.45, 7) is 2.39. The summed E-state index contributed by atoms with van der Waals surface area (Å²) in [5.74, 6) is 0. The molecule has 7 heteroatoms. The first-order valence-corrected chi connectivity index (χ1v) is 9.31. The Balaban J connectivity index is 2.47. The van der Waals surface area contributed by atoms with Crippen LogP contribution in [0.25, 0.3) is 0 Å². The minimum Gasteiger partial charge on any atom is -0.326 e. The van der Waals surface area contributed by atoms with E-state index in [1.54, 1.807) is 10.4 Å². The summed E-state index contributed by atoms with van der Waals surface area (Å²) in [7, 11) is -3.63. The molecule has 1 aliphatic carbocycles. The van der Waals surface area contributed by atoms with Gasteiger partial charge in [-0.2, -0.15) is 4.31 Å². The van der Waals surface area contributed by atoms with Gasteiger partial charge >= 0.3 is 0 Å². The molecule has 0 spiro atoms. The van der Waals surface area contributed by atoms with Crippen LogP contribution in [-0.4, -0.2) is 25.3 Å². The van der Waals surface area contributed by atoms with Crippen LogP contribution in [0.15, 0.2) is 17.0 Å². The van der Waals surface area contributed by atoms with E-state index in [0.717, 1.165) is 25.7 Å². The van der Waals surface area contributed by atoms with Gasteiger partial charge in [-0.05, 0) is 25.0 Å². The molecule has 118 valence electrons. The quantitative estimate of drug-likeness (QED) is 0.884. The van der Waals surface area contributed by atoms with Gasteiger partial charge in [0.1, 0.15) is 4.90 Å². The highest BCUT2D eigenvalue weighted by Crippen LogP contribution is 2.35. The van der Waals surface area contributed by atoms with Gasteiger partial charge in [0.25, 0.3) is 0 Å². The van der Waals surface area contributed by atoms with Crippen LogP contribution in [0.5, 0.6) is 0 Å². The van der Waals surface area contributed by atoms with E-state index < -0.39 is 10.0 Å². The van der Waals surface area contributed by atoms with Gasteiger partial charge < -0.3 is 5.73 Å². The van der Waals surface area contributed by atoms with Crippen molar-refractivity contribution in [2.45, 2.75) is 50.1 Å². The number of hydrogen-bond donors (Lipinski definition) is 1. The van der Waals surface area contributed by atoms with E-state index in [1.807, 2.05) is 6.92 Å². The molecule has 0 heterocycles. The molecule has 0 saturated heterocycles. The average molecular weight is 351 g/mol. The summed E-state index contributed by atoms with van der Waals surface area (Å²) in [5, 5.41) is 0.534. The third-order valence-corrected chi connectivity index (χ3v) is 6.95. The topological polar surface area (TPSA) is 63.4 Å². The average Bonchev–Trinajstić information content (AvgIpc) is 2.93. The lowest BCUT2D eigenvalue weighted by molar-refractivity contribution is 0.335. The van der Waals surface area contributed by atoms with Crippen molar-refractivity contribution in [3.05, 3.63) is 27.7 Å². The lowest BCUT2D eigenvalue weighted by atomic mass is 10.2. The largest absolute Gasteiger partial charge is 0.326 e. The molecule has 2 N–H and O–H groups in total. The number of nitrogens with zero attached hydrogens (tertiary/aromatic N) is 1. The number of benzene rings is 1. The monoisotopic (exact) mass is 350 g/mol. The van der Waals surface area contributed by atoms with Gasteiger partial charge in [-0.15, -0.1) is 0 Å². The Kier molecular flexibility index (Phi) is 5.54. The van der Waals surface area contributed by atoms with Crippen molar-refractivity contribution in [3.63, 3.8) is 0 Å². The van der Waals surface area contributed by atoms with E-state index in [-0.39, 0.29) is 22.5 Å². The highest BCUT2D eigenvalue weighted by molar-refractivity contribution is 7.89. The molecule has 0 aliphatic heterocycles. The van der Waals surface area contributed by atoms with Crippen LogP contribution in [-0.2, 0) is 16.6 Å². The molecule has 1 aromatic rings. The van der Waals surface area contributed by atoms with Crippen LogP contribution >= 0.6 is 23.2 Å². The van der Waals surface area contributed by atoms with Crippen molar-refractivity contribution in [1.82, 2.24) is 4.31 Å². The highest BCUT2D eigenvalue weighted by Gasteiger charge is 2.33. The number of nitrogens with two attached hydrogens (primary N) is 1. The second kappa shape index (κ2) is 6.84. The zero-order valence-electron chi connectivity index (χ0n) is 12.0. The first-order chi connectivity index (χ1) is 9.93. The molecule has 4 nitrogen and oxygen atoms in total. The Hall–Kier alpha value is -0.330. The minimum atomic E-state index is -3.63. The van der Waals surface area contributed by atoms with Crippen molar-refractivity contribution in [2.75, 3.05) is 6.54 Å². The lowest BCUT2D eigenvalue weighted by Crippen LogP contribution is -2.38. The Labute approximate surface area is 136 Å². The molecule has 2 rings (SSSR count). The molecule has 0 atom stereocenters. The summed E-state index contributed by atoms with van der Waals surface area (Å²) in [4.78, 5) is 0.0998. The van der Waals surface area contributed by atoms with Crippen molar-refractivity contribution in [1.29, 1.82) is 0 Å². The zero-order chi connectivity index (χ0) is 15.6. The molecule has 21 heavy (non-hydrogen) atoms. The highest BCUT2D eigenvalue weighted by atomic mass is 35.5. The predicted octanol–water partition coefficient (Wildman–Crippen LogP) is 3.41. The summed E-state index contributed by atoms with van der Waals surface area (Å²) in [6, 6.07) is 3.08. The molecule has 0 aromatic heterocycles. The van der Waals surface area contributed by atoms with Gasteiger partial charge in [0.15, 0.2) is 0 Å². The predicted molar refractivity (Wildman–Crippen MR) is 86.2 cm³/mol. The van der Waals surface area contributed by atoms with Crippen molar-refractivity contribution in [2.24, 2.45) is 5.73 Å². The number of sulfonamides is 1. The standard InChI is InChI=1S/C14H20Cl2N2O2S/c1-2-18(10-5-3-4-6-10)21(19,20)13-8-7-12(15)11(9-17)14(13)16/h7-8,10H,2-6,9,17H2,1H3. The molecule has 0 amide bonds. The van der Waals surface area contributed by atoms with Gasteiger partial charge in [0.2, 0.25) is 10.0 Å². The molecular formula is C14H20Cl2N2O2S. The second-order valence-electron chi connectivity index (χ2n) is 5.19. The summed E-state index contributed by atoms with van der Waals surface area (Å²) in [5.41, 5.74) is 6.09. The number of hydrogen-bond acceptors (Lipinski definition) is 3. The first-order valence-electron chi connectivity index (χ1n) is 7.12. The van der Waals surface area contributed by atoms with E-state index in [2.05, 4.69) is 0 Å². The SMILES string of the molecule is CCN(C1CCCC1)S(=O)(=O)c1ccc(Cl)c(CN)c1Cl. The third-order valence-electron chi connectivity index (χ3n) is 3.99. The van der Waals surface area contributed by atoms with E-state index in [4.69, 9.17) is 28.9 Å². The molecule has 1 aliphatic rings. The maximum absolute atomic E-state index is 12.9. The van der Waals surface area contributed by atoms with Crippen LogP contribution in [0.1, 0.15) is 38.2 Å². The van der Waals surface area contributed by atoms with Crippen LogP contribution in [0.2, 0.25) is 10.0 Å². The first kappa shape index (κ1) is 17.0. The molecule has 1 saturated carbocycles. The maximum Gasteiger partial charge on any atom is 0.244 e. The lowest BCUT2D eigenvalue weighted by Gasteiger charge is -2.27. The maximum atomic E-state index is 12.9. The Morgan fingerprint density at radius 1 is 1.29 bits per heavy atom. The fraction of sp³-hybridized carbons (Fsp3) is 0.571. The third kappa shape index (κ3) is 3.22. The van der Waals surface area contributed by atoms with Crippen LogP contribution < -0.4 is 5.73 Å². The Morgan fingerprint density at radius 2 is 1.90 bits per heavy atom. The van der Waals surface area contributed by atoms with Crippen molar-refractivity contribution < 1.29 is 8.42 Å². The Morgan fingerprint density at radius 3 is 2.43 bits per heavy atom. The van der Waals surface area contributed by atoms with E-state index in [0.29, 0.717) is 17.1 Å². The summed E-state index contributed by atoms with van der Waals surface area (Å²) < 4.78 is 27.4. The molecule has 0 radical (unpaired) electrons. The van der Waals surface area contributed by atoms with Crippen LogP contribution in [0.4, 0.5) is 0 Å². The van der Waals surface area contributed by atoms with Gasteiger partial charge in [0, 0.05) is 29.7 Å². The zero-order valence-corrected chi connectivity index (χ0v) is 14.3. The molecule has 1 fully saturated rings. The van der Waals surface area contributed by atoms with Gasteiger partial charge in [-0.1, -0.05) is 43.0 Å². The van der Waals surface area contributed by atoms with Crippen molar-refractivity contribution in [3.8, 4) is 0 Å². The number of halogens is 2. The van der Waals surface area contributed by atoms with Crippen LogP contribution in [0.3, 0.4) is 0 Å². The smallest absolute Gasteiger partial charge is 0.244 e. The van der Waals surface area contributed by atoms with Crippen molar-refractivity contribution >= 4 is 33.2 Å². The fourth-order valence-electron chi connectivity index (χ4n) is 2.91. The normalized spacial score (nSPS) is 16.8. The molecule has 0 bridgehead atoms. The van der Waals surface area contributed by atoms with E-state index in [9.17, 15) is 8.42 Å². The molecule has 0 unspecified atom stereocenters. The van der Waals surface area contributed by atoms with Gasteiger partial charge in [-0.25, -0.2) is 8.42 Å². The van der Waals surface area contributed by atoms with Gasteiger partial charge in [0.05, 0.1) is 5.02 Å². The number of rotatable bonds is 5. The minimum absolute atomic E-state index is 0.0630. The summed E-state index contributed by atoms with van der Waals surface area (Å²) in [6.07, 6.45) is 3.95. The van der Waals surface area contributed by atoms with E-state index >= 15 is 0 Å². The summed E-state index contributed by atoms with van der Waals surface area (Å²) >= 11 is 12.3. The second-order valence-corrected chi connectivity index (χ2v) is 7.83. The molecule has 1 aromatic carbocycles.